The molecule has 5 heteroatoms. The molecule has 0 atom stereocenters. The fourth-order valence-corrected chi connectivity index (χ4v) is 1.77. The standard InChI is InChI=1S/C14H14BrNO3/c15-7-9-19-13-6-2-1-5-12(13)14(17)16-10-11-4-3-8-18-11/h1-6,8H,7,9-10H2,(H,16,17). The Morgan fingerprint density at radius 3 is 2.84 bits per heavy atom. The monoisotopic (exact) mass is 323 g/mol. The summed E-state index contributed by atoms with van der Waals surface area (Å²) in [6, 6.07) is 10.8. The highest BCUT2D eigenvalue weighted by molar-refractivity contribution is 9.09. The molecule has 0 saturated carbocycles. The predicted octanol–water partition coefficient (Wildman–Crippen LogP) is 2.98. The normalized spacial score (nSPS) is 10.2. The molecule has 1 N–H and O–H groups in total. The van der Waals surface area contributed by atoms with Crippen molar-refractivity contribution in [1.82, 2.24) is 5.32 Å². The molecule has 0 unspecified atom stereocenters. The van der Waals surface area contributed by atoms with Crippen LogP contribution in [0.1, 0.15) is 16.1 Å². The highest BCUT2D eigenvalue weighted by Crippen LogP contribution is 2.18. The van der Waals surface area contributed by atoms with Crippen molar-refractivity contribution in [2.24, 2.45) is 0 Å². The molecule has 0 aliphatic rings. The van der Waals surface area contributed by atoms with Crippen molar-refractivity contribution in [1.29, 1.82) is 0 Å². The van der Waals surface area contributed by atoms with Gasteiger partial charge in [-0.2, -0.15) is 0 Å². The third-order valence-corrected chi connectivity index (χ3v) is 2.79. The number of para-hydroxylation sites is 1. The van der Waals surface area contributed by atoms with Gasteiger partial charge in [-0.3, -0.25) is 4.79 Å². The molecule has 2 rings (SSSR count). The minimum absolute atomic E-state index is 0.179. The van der Waals surface area contributed by atoms with Crippen LogP contribution in [0.25, 0.3) is 0 Å². The van der Waals surface area contributed by atoms with Crippen LogP contribution < -0.4 is 10.1 Å². The molecule has 1 aromatic heterocycles. The lowest BCUT2D eigenvalue weighted by atomic mass is 10.2. The molecule has 100 valence electrons. The summed E-state index contributed by atoms with van der Waals surface area (Å²) in [6.45, 7) is 0.876. The van der Waals surface area contributed by atoms with Gasteiger partial charge in [0.25, 0.3) is 5.91 Å². The number of benzene rings is 1. The maximum Gasteiger partial charge on any atom is 0.255 e. The number of nitrogens with one attached hydrogen (secondary N) is 1. The smallest absolute Gasteiger partial charge is 0.255 e. The lowest BCUT2D eigenvalue weighted by molar-refractivity contribution is 0.0944. The number of alkyl halides is 1. The Kier molecular flexibility index (Phi) is 5.03. The van der Waals surface area contributed by atoms with Crippen molar-refractivity contribution in [2.75, 3.05) is 11.9 Å². The van der Waals surface area contributed by atoms with Crippen molar-refractivity contribution in [3.63, 3.8) is 0 Å². The Hall–Kier alpha value is -1.75. The van der Waals surface area contributed by atoms with Gasteiger partial charge in [0.2, 0.25) is 0 Å². The Morgan fingerprint density at radius 2 is 2.11 bits per heavy atom. The van der Waals surface area contributed by atoms with Crippen molar-refractivity contribution in [3.05, 3.63) is 54.0 Å². The number of hydrogen-bond acceptors (Lipinski definition) is 3. The van der Waals surface area contributed by atoms with E-state index in [0.29, 0.717) is 30.2 Å². The molecule has 2 aromatic rings. The molecule has 0 saturated heterocycles. The van der Waals surface area contributed by atoms with E-state index in [2.05, 4.69) is 21.2 Å². The second-order valence-corrected chi connectivity index (χ2v) is 4.59. The number of furan rings is 1. The molecule has 0 radical (unpaired) electrons. The number of ether oxygens (including phenoxy) is 1. The summed E-state index contributed by atoms with van der Waals surface area (Å²) in [5.41, 5.74) is 0.523. The highest BCUT2D eigenvalue weighted by Gasteiger charge is 2.11. The minimum atomic E-state index is -0.179. The molecule has 1 heterocycles. The number of halogens is 1. The molecule has 0 spiro atoms. The van der Waals surface area contributed by atoms with Gasteiger partial charge in [-0.25, -0.2) is 0 Å². The second kappa shape index (κ2) is 6.99. The summed E-state index contributed by atoms with van der Waals surface area (Å²) in [5.74, 6) is 1.12. The van der Waals surface area contributed by atoms with Gasteiger partial charge in [-0.15, -0.1) is 0 Å². The van der Waals surface area contributed by atoms with E-state index in [1.807, 2.05) is 18.2 Å². The number of carbonyl (C=O) groups is 1. The Labute approximate surface area is 119 Å². The summed E-state index contributed by atoms with van der Waals surface area (Å²) >= 11 is 3.29. The number of carbonyl (C=O) groups excluding carboxylic acids is 1. The Morgan fingerprint density at radius 1 is 1.26 bits per heavy atom. The quantitative estimate of drug-likeness (QED) is 0.831. The Bertz CT molecular complexity index is 525. The average Bonchev–Trinajstić information content (AvgIpc) is 2.96. The number of hydrogen-bond donors (Lipinski definition) is 1. The van der Waals surface area contributed by atoms with E-state index in [-0.39, 0.29) is 5.91 Å². The van der Waals surface area contributed by atoms with Crippen LogP contribution >= 0.6 is 15.9 Å². The summed E-state index contributed by atoms with van der Waals surface area (Å²) in [6.07, 6.45) is 1.58. The molecular formula is C14H14BrNO3. The van der Waals surface area contributed by atoms with Crippen molar-refractivity contribution >= 4 is 21.8 Å². The average molecular weight is 324 g/mol. The number of rotatable bonds is 6. The van der Waals surface area contributed by atoms with Gasteiger partial charge in [-0.05, 0) is 24.3 Å². The summed E-state index contributed by atoms with van der Waals surface area (Å²) in [4.78, 5) is 12.1. The van der Waals surface area contributed by atoms with E-state index in [4.69, 9.17) is 9.15 Å². The zero-order valence-electron chi connectivity index (χ0n) is 10.3. The Balaban J connectivity index is 2.01. The van der Waals surface area contributed by atoms with Crippen molar-refractivity contribution in [2.45, 2.75) is 6.54 Å². The van der Waals surface area contributed by atoms with Gasteiger partial charge in [0.15, 0.2) is 0 Å². The van der Waals surface area contributed by atoms with E-state index in [9.17, 15) is 4.79 Å². The third-order valence-electron chi connectivity index (χ3n) is 2.47. The third kappa shape index (κ3) is 3.86. The minimum Gasteiger partial charge on any atom is -0.492 e. The first kappa shape index (κ1) is 13.7. The predicted molar refractivity (Wildman–Crippen MR) is 75.6 cm³/mol. The molecule has 1 amide bonds. The van der Waals surface area contributed by atoms with Crippen LogP contribution in [0.3, 0.4) is 0 Å². The van der Waals surface area contributed by atoms with Crippen LogP contribution in [0.2, 0.25) is 0 Å². The van der Waals surface area contributed by atoms with Gasteiger partial charge in [0.1, 0.15) is 11.5 Å². The number of amides is 1. The van der Waals surface area contributed by atoms with Gasteiger partial charge in [0.05, 0.1) is 25.0 Å². The largest absolute Gasteiger partial charge is 0.492 e. The molecule has 0 bridgehead atoms. The van der Waals surface area contributed by atoms with Gasteiger partial charge in [-0.1, -0.05) is 28.1 Å². The summed E-state index contributed by atoms with van der Waals surface area (Å²) < 4.78 is 10.7. The first-order valence-corrected chi connectivity index (χ1v) is 7.02. The van der Waals surface area contributed by atoms with Gasteiger partial charge >= 0.3 is 0 Å². The van der Waals surface area contributed by atoms with E-state index < -0.39 is 0 Å². The fraction of sp³-hybridized carbons (Fsp3) is 0.214. The molecule has 0 aliphatic carbocycles. The molecule has 19 heavy (non-hydrogen) atoms. The van der Waals surface area contributed by atoms with E-state index in [1.54, 1.807) is 24.5 Å². The van der Waals surface area contributed by atoms with Crippen LogP contribution in [0, 0.1) is 0 Å². The van der Waals surface area contributed by atoms with E-state index >= 15 is 0 Å². The molecular weight excluding hydrogens is 310 g/mol. The van der Waals surface area contributed by atoms with Crippen LogP contribution in [0.15, 0.2) is 47.1 Å². The van der Waals surface area contributed by atoms with Gasteiger partial charge in [0, 0.05) is 5.33 Å². The van der Waals surface area contributed by atoms with Crippen LogP contribution in [0.5, 0.6) is 5.75 Å². The molecule has 4 nitrogen and oxygen atoms in total. The first-order chi connectivity index (χ1) is 9.31. The summed E-state index contributed by atoms with van der Waals surface area (Å²) in [5, 5.41) is 3.51. The van der Waals surface area contributed by atoms with E-state index in [0.717, 1.165) is 5.33 Å². The summed E-state index contributed by atoms with van der Waals surface area (Å²) in [7, 11) is 0. The zero-order valence-corrected chi connectivity index (χ0v) is 11.9. The van der Waals surface area contributed by atoms with Crippen LogP contribution in [-0.2, 0) is 6.54 Å². The molecule has 0 aliphatic heterocycles. The molecule has 0 fully saturated rings. The maximum absolute atomic E-state index is 12.1. The zero-order chi connectivity index (χ0) is 13.5. The molecule has 1 aromatic carbocycles. The first-order valence-electron chi connectivity index (χ1n) is 5.89. The highest BCUT2D eigenvalue weighted by atomic mass is 79.9. The topological polar surface area (TPSA) is 51.5 Å². The maximum atomic E-state index is 12.1. The van der Waals surface area contributed by atoms with Crippen LogP contribution in [0.4, 0.5) is 0 Å². The van der Waals surface area contributed by atoms with Gasteiger partial charge < -0.3 is 14.5 Å². The van der Waals surface area contributed by atoms with E-state index in [1.165, 1.54) is 0 Å². The van der Waals surface area contributed by atoms with Crippen molar-refractivity contribution in [3.8, 4) is 5.75 Å². The van der Waals surface area contributed by atoms with Crippen LogP contribution in [-0.4, -0.2) is 17.8 Å². The lowest BCUT2D eigenvalue weighted by Gasteiger charge is -2.10. The lowest BCUT2D eigenvalue weighted by Crippen LogP contribution is -2.23. The second-order valence-electron chi connectivity index (χ2n) is 3.80. The SMILES string of the molecule is O=C(NCc1ccco1)c1ccccc1OCCBr. The fourth-order valence-electron chi connectivity index (χ4n) is 1.60. The van der Waals surface area contributed by atoms with Crippen molar-refractivity contribution < 1.29 is 13.9 Å².